The van der Waals surface area contributed by atoms with Crippen LogP contribution in [-0.4, -0.2) is 36.6 Å². The van der Waals surface area contributed by atoms with Gasteiger partial charge in [0, 0.05) is 6.61 Å². The summed E-state index contributed by atoms with van der Waals surface area (Å²) in [5, 5.41) is 0. The van der Waals surface area contributed by atoms with E-state index >= 15 is 0 Å². The van der Waals surface area contributed by atoms with Crippen LogP contribution in [0.5, 0.6) is 0 Å². The second-order valence-electron chi connectivity index (χ2n) is 12.6. The molecule has 0 bridgehead atoms. The maximum atomic E-state index is 6.76. The van der Waals surface area contributed by atoms with Crippen LogP contribution in [0.15, 0.2) is 0 Å². The Morgan fingerprint density at radius 1 is 0.387 bits per heavy atom. The predicted molar refractivity (Wildman–Crippen MR) is 123 cm³/mol. The molecule has 176 valence electrons. The van der Waals surface area contributed by atoms with Gasteiger partial charge >= 0.3 is 0 Å². The van der Waals surface area contributed by atoms with Gasteiger partial charge in [-0.05, 0) is 107 Å². The number of rotatable bonds is 2. The molecule has 0 aromatic rings. The molecule has 3 saturated carbocycles. The predicted octanol–water partition coefficient (Wildman–Crippen LogP) is 6.82. The van der Waals surface area contributed by atoms with E-state index in [2.05, 4.69) is 0 Å². The topological polar surface area (TPSA) is 27.7 Å². The SMILES string of the molecule is C1CCC2(CC(C3CCCC4(CCO4)CC3)C1)CC(C1CCC3(CCO3)CC1)CCO2. The summed E-state index contributed by atoms with van der Waals surface area (Å²) in [6.45, 7) is 3.05. The average Bonchev–Trinajstić information content (AvgIpc) is 3.09. The molecule has 5 unspecified atom stereocenters. The molecule has 3 aliphatic heterocycles. The molecule has 3 aliphatic carbocycles. The first-order valence-electron chi connectivity index (χ1n) is 14.1. The van der Waals surface area contributed by atoms with Crippen molar-refractivity contribution in [1.29, 1.82) is 0 Å². The van der Waals surface area contributed by atoms with Crippen LogP contribution in [-0.2, 0) is 14.2 Å². The average molecular weight is 431 g/mol. The Morgan fingerprint density at radius 3 is 1.55 bits per heavy atom. The van der Waals surface area contributed by atoms with Crippen molar-refractivity contribution in [2.24, 2.45) is 23.7 Å². The Hall–Kier alpha value is -0.120. The van der Waals surface area contributed by atoms with Crippen molar-refractivity contribution >= 4 is 0 Å². The molecule has 3 heterocycles. The van der Waals surface area contributed by atoms with Gasteiger partial charge in [0.15, 0.2) is 0 Å². The maximum Gasteiger partial charge on any atom is 0.0704 e. The summed E-state index contributed by atoms with van der Waals surface area (Å²) in [7, 11) is 0. The summed E-state index contributed by atoms with van der Waals surface area (Å²) in [4.78, 5) is 0. The molecule has 31 heavy (non-hydrogen) atoms. The van der Waals surface area contributed by atoms with Crippen molar-refractivity contribution in [3.63, 3.8) is 0 Å². The summed E-state index contributed by atoms with van der Waals surface area (Å²) in [5.74, 6) is 3.67. The van der Waals surface area contributed by atoms with Crippen LogP contribution in [0.4, 0.5) is 0 Å². The molecule has 3 nitrogen and oxygen atoms in total. The first-order valence-corrected chi connectivity index (χ1v) is 14.1. The van der Waals surface area contributed by atoms with Crippen LogP contribution < -0.4 is 0 Å². The molecule has 0 amide bonds. The van der Waals surface area contributed by atoms with Crippen LogP contribution in [0, 0.1) is 23.7 Å². The molecule has 6 rings (SSSR count). The van der Waals surface area contributed by atoms with Gasteiger partial charge in [-0.15, -0.1) is 0 Å². The molecule has 3 heteroatoms. The Bertz CT molecular complexity index is 614. The molecule has 0 aromatic heterocycles. The van der Waals surface area contributed by atoms with Gasteiger partial charge in [-0.3, -0.25) is 0 Å². The first-order chi connectivity index (χ1) is 15.2. The summed E-state index contributed by atoms with van der Waals surface area (Å²) in [5.41, 5.74) is 0.822. The minimum Gasteiger partial charge on any atom is -0.375 e. The third-order valence-corrected chi connectivity index (χ3v) is 11.0. The lowest BCUT2D eigenvalue weighted by atomic mass is 9.66. The molecule has 5 atom stereocenters. The van der Waals surface area contributed by atoms with Crippen molar-refractivity contribution in [3.8, 4) is 0 Å². The number of ether oxygens (including phenoxy) is 3. The smallest absolute Gasteiger partial charge is 0.0704 e. The fourth-order valence-corrected chi connectivity index (χ4v) is 8.81. The van der Waals surface area contributed by atoms with Gasteiger partial charge in [-0.2, -0.15) is 0 Å². The van der Waals surface area contributed by atoms with E-state index in [0.29, 0.717) is 11.2 Å². The fraction of sp³-hybridized carbons (Fsp3) is 1.00. The standard InChI is InChI=1S/C28H46O3/c1-2-10-28(20-24(4-1)22-5-3-11-26(12-6-22)15-18-30-26)21-25(9-17-29-28)23-7-13-27(14-8-23)16-19-31-27/h22-25H,1-21H2. The fourth-order valence-electron chi connectivity index (χ4n) is 8.81. The third-order valence-electron chi connectivity index (χ3n) is 11.0. The van der Waals surface area contributed by atoms with Gasteiger partial charge in [0.05, 0.1) is 30.0 Å². The van der Waals surface area contributed by atoms with Crippen molar-refractivity contribution < 1.29 is 14.2 Å². The van der Waals surface area contributed by atoms with Crippen LogP contribution >= 0.6 is 0 Å². The Balaban J connectivity index is 1.10. The Morgan fingerprint density at radius 2 is 0.903 bits per heavy atom. The quantitative estimate of drug-likeness (QED) is 0.481. The zero-order valence-electron chi connectivity index (χ0n) is 19.9. The second-order valence-corrected chi connectivity index (χ2v) is 12.6. The molecule has 0 radical (unpaired) electrons. The van der Waals surface area contributed by atoms with E-state index in [4.69, 9.17) is 14.2 Å². The summed E-state index contributed by atoms with van der Waals surface area (Å²) < 4.78 is 18.8. The normalized spacial score (nSPS) is 51.1. The molecule has 3 saturated heterocycles. The molecular weight excluding hydrogens is 384 g/mol. The maximum absolute atomic E-state index is 6.76. The van der Waals surface area contributed by atoms with E-state index in [-0.39, 0.29) is 5.60 Å². The van der Waals surface area contributed by atoms with Gasteiger partial charge < -0.3 is 14.2 Å². The summed E-state index contributed by atoms with van der Waals surface area (Å²) in [6.07, 6.45) is 24.7. The van der Waals surface area contributed by atoms with Gasteiger partial charge in [-0.1, -0.05) is 32.1 Å². The zero-order valence-corrected chi connectivity index (χ0v) is 19.9. The van der Waals surface area contributed by atoms with E-state index in [1.54, 1.807) is 0 Å². The number of hydrogen-bond acceptors (Lipinski definition) is 3. The Labute approximate surface area is 190 Å². The molecule has 6 fully saturated rings. The van der Waals surface area contributed by atoms with E-state index in [1.807, 2.05) is 0 Å². The van der Waals surface area contributed by atoms with Crippen LogP contribution in [0.2, 0.25) is 0 Å². The molecule has 3 spiro atoms. The lowest BCUT2D eigenvalue weighted by Gasteiger charge is -2.50. The van der Waals surface area contributed by atoms with Crippen molar-refractivity contribution in [2.45, 2.75) is 132 Å². The summed E-state index contributed by atoms with van der Waals surface area (Å²) in [6, 6.07) is 0. The van der Waals surface area contributed by atoms with Gasteiger partial charge in [0.25, 0.3) is 0 Å². The van der Waals surface area contributed by atoms with E-state index in [0.717, 1.165) is 43.5 Å². The molecule has 0 aromatic carbocycles. The van der Waals surface area contributed by atoms with E-state index in [1.165, 1.54) is 116 Å². The van der Waals surface area contributed by atoms with Gasteiger partial charge in [0.1, 0.15) is 0 Å². The highest BCUT2D eigenvalue weighted by molar-refractivity contribution is 4.99. The Kier molecular flexibility index (Phi) is 5.93. The van der Waals surface area contributed by atoms with E-state index in [9.17, 15) is 0 Å². The van der Waals surface area contributed by atoms with E-state index < -0.39 is 0 Å². The molecular formula is C28H46O3. The van der Waals surface area contributed by atoms with Crippen LogP contribution in [0.25, 0.3) is 0 Å². The molecule has 6 aliphatic rings. The van der Waals surface area contributed by atoms with Crippen molar-refractivity contribution in [2.75, 3.05) is 19.8 Å². The lowest BCUT2D eigenvalue weighted by Crippen LogP contribution is -2.48. The van der Waals surface area contributed by atoms with Crippen molar-refractivity contribution in [1.82, 2.24) is 0 Å². The minimum absolute atomic E-state index is 0.211. The van der Waals surface area contributed by atoms with Crippen molar-refractivity contribution in [3.05, 3.63) is 0 Å². The number of hydrogen-bond donors (Lipinski definition) is 0. The van der Waals surface area contributed by atoms with Gasteiger partial charge in [0.2, 0.25) is 0 Å². The highest BCUT2D eigenvalue weighted by Crippen LogP contribution is 2.52. The second kappa shape index (κ2) is 8.58. The van der Waals surface area contributed by atoms with Crippen LogP contribution in [0.3, 0.4) is 0 Å². The largest absolute Gasteiger partial charge is 0.375 e. The van der Waals surface area contributed by atoms with Gasteiger partial charge in [-0.25, -0.2) is 0 Å². The third kappa shape index (κ3) is 4.26. The molecule has 0 N–H and O–H groups in total. The highest BCUT2D eigenvalue weighted by Gasteiger charge is 2.48. The summed E-state index contributed by atoms with van der Waals surface area (Å²) >= 11 is 0. The first kappa shape index (κ1) is 21.4. The van der Waals surface area contributed by atoms with Crippen LogP contribution in [0.1, 0.15) is 116 Å². The lowest BCUT2D eigenvalue weighted by molar-refractivity contribution is -0.178. The zero-order chi connectivity index (χ0) is 20.8. The monoisotopic (exact) mass is 430 g/mol. The minimum atomic E-state index is 0.211. The highest BCUT2D eigenvalue weighted by atomic mass is 16.5.